The molecule has 1 aromatic heterocycles. The molecule has 7 heteroatoms. The number of hydrogen-bond acceptors (Lipinski definition) is 5. The second kappa shape index (κ2) is 6.54. The lowest BCUT2D eigenvalue weighted by Crippen LogP contribution is -2.25. The van der Waals surface area contributed by atoms with Crippen LogP contribution in [0.3, 0.4) is 0 Å². The average Bonchev–Trinajstić information content (AvgIpc) is 3.16. The number of hydrogen-bond donors (Lipinski definition) is 1. The second-order valence-corrected chi connectivity index (χ2v) is 6.42. The van der Waals surface area contributed by atoms with Crippen molar-refractivity contribution in [1.29, 1.82) is 0 Å². The Kier molecular flexibility index (Phi) is 4.68. The Hall–Kier alpha value is -1.14. The van der Waals surface area contributed by atoms with Crippen molar-refractivity contribution in [1.82, 2.24) is 15.1 Å². The van der Waals surface area contributed by atoms with Crippen molar-refractivity contribution in [2.75, 3.05) is 19.7 Å². The van der Waals surface area contributed by atoms with E-state index in [1.807, 2.05) is 6.92 Å². The smallest absolute Gasteiger partial charge is 0.249 e. The van der Waals surface area contributed by atoms with Gasteiger partial charge in [0.2, 0.25) is 11.8 Å². The summed E-state index contributed by atoms with van der Waals surface area (Å²) in [6.45, 7) is 4.02. The highest BCUT2D eigenvalue weighted by molar-refractivity contribution is 6.36. The van der Waals surface area contributed by atoms with E-state index >= 15 is 0 Å². The zero-order chi connectivity index (χ0) is 15.7. The topological polar surface area (TPSA) is 62.4 Å². The maximum atomic E-state index is 9.24. The summed E-state index contributed by atoms with van der Waals surface area (Å²) in [5.74, 6) is 1.27. The maximum Gasteiger partial charge on any atom is 0.249 e. The predicted octanol–water partition coefficient (Wildman–Crippen LogP) is 3.42. The van der Waals surface area contributed by atoms with Crippen molar-refractivity contribution in [2.45, 2.75) is 19.4 Å². The van der Waals surface area contributed by atoms with Gasteiger partial charge in [0.1, 0.15) is 0 Å². The van der Waals surface area contributed by atoms with Gasteiger partial charge in [0.15, 0.2) is 0 Å². The number of aliphatic hydroxyl groups is 1. The van der Waals surface area contributed by atoms with E-state index in [2.05, 4.69) is 15.1 Å². The molecule has 2 atom stereocenters. The molecule has 1 fully saturated rings. The first kappa shape index (κ1) is 15.7. The van der Waals surface area contributed by atoms with E-state index in [4.69, 9.17) is 27.6 Å². The van der Waals surface area contributed by atoms with Gasteiger partial charge >= 0.3 is 0 Å². The summed E-state index contributed by atoms with van der Waals surface area (Å²) < 4.78 is 5.78. The number of halogens is 2. The molecule has 0 amide bonds. The van der Waals surface area contributed by atoms with Gasteiger partial charge in [-0.25, -0.2) is 0 Å². The first-order valence-corrected chi connectivity index (χ1v) is 7.98. The monoisotopic (exact) mass is 341 g/mol. The molecule has 22 heavy (non-hydrogen) atoms. The fourth-order valence-corrected chi connectivity index (χ4v) is 3.18. The SMILES string of the molecule is C[C@@H](c1nnc(-c2ccc(Cl)cc2Cl)o1)N1CC[C@@H](CO)C1. The molecule has 0 spiro atoms. The first-order valence-electron chi connectivity index (χ1n) is 7.22. The third-order valence-corrected chi connectivity index (χ3v) is 4.63. The van der Waals surface area contributed by atoms with Gasteiger partial charge in [0.05, 0.1) is 16.6 Å². The third-order valence-electron chi connectivity index (χ3n) is 4.08. The molecule has 1 aliphatic rings. The Bertz CT molecular complexity index is 662. The lowest BCUT2D eigenvalue weighted by molar-refractivity contribution is 0.190. The Morgan fingerprint density at radius 1 is 1.41 bits per heavy atom. The van der Waals surface area contributed by atoms with E-state index in [-0.39, 0.29) is 12.6 Å². The number of aromatic nitrogens is 2. The van der Waals surface area contributed by atoms with E-state index in [0.717, 1.165) is 19.5 Å². The highest BCUT2D eigenvalue weighted by Gasteiger charge is 2.29. The molecule has 118 valence electrons. The van der Waals surface area contributed by atoms with Crippen LogP contribution in [0.5, 0.6) is 0 Å². The summed E-state index contributed by atoms with van der Waals surface area (Å²) in [6.07, 6.45) is 0.991. The van der Waals surface area contributed by atoms with Gasteiger partial charge in [-0.3, -0.25) is 4.90 Å². The Morgan fingerprint density at radius 2 is 2.23 bits per heavy atom. The molecule has 1 N–H and O–H groups in total. The normalized spacial score (nSPS) is 20.5. The molecule has 0 unspecified atom stereocenters. The molecule has 5 nitrogen and oxygen atoms in total. The average molecular weight is 342 g/mol. The van der Waals surface area contributed by atoms with Crippen molar-refractivity contribution in [3.05, 3.63) is 34.1 Å². The van der Waals surface area contributed by atoms with Crippen LogP contribution in [-0.2, 0) is 0 Å². The molecule has 2 heterocycles. The maximum absolute atomic E-state index is 9.24. The van der Waals surface area contributed by atoms with Crippen LogP contribution in [0.2, 0.25) is 10.0 Å². The van der Waals surface area contributed by atoms with Crippen LogP contribution in [0.1, 0.15) is 25.3 Å². The number of likely N-dealkylation sites (tertiary alicyclic amines) is 1. The largest absolute Gasteiger partial charge is 0.419 e. The van der Waals surface area contributed by atoms with Crippen molar-refractivity contribution in [3.8, 4) is 11.5 Å². The fourth-order valence-electron chi connectivity index (χ4n) is 2.69. The molecule has 1 saturated heterocycles. The predicted molar refractivity (Wildman–Crippen MR) is 84.9 cm³/mol. The van der Waals surface area contributed by atoms with Gasteiger partial charge < -0.3 is 9.52 Å². The molecule has 0 bridgehead atoms. The number of nitrogens with zero attached hydrogens (tertiary/aromatic N) is 3. The highest BCUT2D eigenvalue weighted by Crippen LogP contribution is 2.32. The van der Waals surface area contributed by atoms with Crippen LogP contribution in [0.25, 0.3) is 11.5 Å². The minimum atomic E-state index is 0.0175. The molecule has 2 aromatic rings. The molecule has 1 aromatic carbocycles. The Balaban J connectivity index is 1.78. The summed E-state index contributed by atoms with van der Waals surface area (Å²) in [5, 5.41) is 18.5. The summed E-state index contributed by atoms with van der Waals surface area (Å²) in [7, 11) is 0. The van der Waals surface area contributed by atoms with Crippen LogP contribution < -0.4 is 0 Å². The summed E-state index contributed by atoms with van der Waals surface area (Å²) >= 11 is 12.1. The zero-order valence-corrected chi connectivity index (χ0v) is 13.7. The van der Waals surface area contributed by atoms with Crippen molar-refractivity contribution < 1.29 is 9.52 Å². The Labute approximate surface area is 138 Å². The van der Waals surface area contributed by atoms with E-state index in [1.165, 1.54) is 0 Å². The third kappa shape index (κ3) is 3.13. The van der Waals surface area contributed by atoms with Crippen LogP contribution >= 0.6 is 23.2 Å². The summed E-state index contributed by atoms with van der Waals surface area (Å²) in [4.78, 5) is 2.24. The molecule has 1 aliphatic heterocycles. The fraction of sp³-hybridized carbons (Fsp3) is 0.467. The van der Waals surface area contributed by atoms with Gasteiger partial charge in [0.25, 0.3) is 0 Å². The number of aliphatic hydroxyl groups excluding tert-OH is 1. The summed E-state index contributed by atoms with van der Waals surface area (Å²) in [5.41, 5.74) is 0.673. The minimum Gasteiger partial charge on any atom is -0.419 e. The van der Waals surface area contributed by atoms with E-state index in [9.17, 15) is 5.11 Å². The van der Waals surface area contributed by atoms with Crippen molar-refractivity contribution in [2.24, 2.45) is 5.92 Å². The zero-order valence-electron chi connectivity index (χ0n) is 12.2. The molecule has 0 saturated carbocycles. The lowest BCUT2D eigenvalue weighted by atomic mass is 10.1. The van der Waals surface area contributed by atoms with Crippen LogP contribution in [-0.4, -0.2) is 39.9 Å². The Morgan fingerprint density at radius 3 is 2.91 bits per heavy atom. The lowest BCUT2D eigenvalue weighted by Gasteiger charge is -2.20. The molecule has 3 rings (SSSR count). The van der Waals surface area contributed by atoms with Gasteiger partial charge in [-0.15, -0.1) is 10.2 Å². The van der Waals surface area contributed by atoms with Crippen LogP contribution in [0, 0.1) is 5.92 Å². The van der Waals surface area contributed by atoms with Gasteiger partial charge in [-0.05, 0) is 44.0 Å². The van der Waals surface area contributed by atoms with Crippen LogP contribution in [0.4, 0.5) is 0 Å². The second-order valence-electron chi connectivity index (χ2n) is 5.58. The molecular weight excluding hydrogens is 325 g/mol. The van der Waals surface area contributed by atoms with Crippen LogP contribution in [0.15, 0.2) is 22.6 Å². The van der Waals surface area contributed by atoms with E-state index in [1.54, 1.807) is 18.2 Å². The molecular formula is C15H17Cl2N3O2. The van der Waals surface area contributed by atoms with Gasteiger partial charge in [0, 0.05) is 18.2 Å². The van der Waals surface area contributed by atoms with Gasteiger partial charge in [-0.2, -0.15) is 0 Å². The minimum absolute atomic E-state index is 0.0175. The van der Waals surface area contributed by atoms with Crippen molar-refractivity contribution >= 4 is 23.2 Å². The summed E-state index contributed by atoms with van der Waals surface area (Å²) in [6, 6.07) is 5.17. The van der Waals surface area contributed by atoms with Crippen molar-refractivity contribution in [3.63, 3.8) is 0 Å². The number of rotatable bonds is 4. The standard InChI is InChI=1S/C15H17Cl2N3O2/c1-9(20-5-4-10(7-20)8-21)14-18-19-15(22-14)12-3-2-11(16)6-13(12)17/h2-3,6,9-10,21H,4-5,7-8H2,1H3/t9-,10+/m0/s1. The molecule has 0 aliphatic carbocycles. The number of benzene rings is 1. The van der Waals surface area contributed by atoms with E-state index in [0.29, 0.717) is 33.3 Å². The first-order chi connectivity index (χ1) is 10.6. The quantitative estimate of drug-likeness (QED) is 0.922. The molecule has 0 radical (unpaired) electrons. The highest BCUT2D eigenvalue weighted by atomic mass is 35.5. The van der Waals surface area contributed by atoms with E-state index < -0.39 is 0 Å². The van der Waals surface area contributed by atoms with Gasteiger partial charge in [-0.1, -0.05) is 23.2 Å².